The zero-order valence-corrected chi connectivity index (χ0v) is 16.5. The molecule has 4 aliphatic rings. The van der Waals surface area contributed by atoms with E-state index in [1.54, 1.807) is 0 Å². The van der Waals surface area contributed by atoms with Crippen molar-refractivity contribution >= 4 is 23.4 Å². The van der Waals surface area contributed by atoms with E-state index in [1.807, 2.05) is 0 Å². The van der Waals surface area contributed by atoms with Crippen molar-refractivity contribution in [1.82, 2.24) is 10.2 Å². The summed E-state index contributed by atoms with van der Waals surface area (Å²) in [5, 5.41) is 2.95. The van der Waals surface area contributed by atoms with Crippen LogP contribution in [-0.4, -0.2) is 48.8 Å². The molecule has 1 N–H and O–H groups in total. The van der Waals surface area contributed by atoms with Gasteiger partial charge in [-0.25, -0.2) is 0 Å². The number of nitrogens with one attached hydrogen (secondary N) is 1. The highest BCUT2D eigenvalue weighted by atomic mass is 16.2. The normalized spacial score (nSPS) is 29.4. The Bertz CT molecular complexity index is 850. The number of carbonyl (C=O) groups excluding carboxylic acids is 3. The molecule has 6 nitrogen and oxygen atoms in total. The summed E-state index contributed by atoms with van der Waals surface area (Å²) in [6, 6.07) is 8.43. The second kappa shape index (κ2) is 7.32. The van der Waals surface area contributed by atoms with Crippen molar-refractivity contribution in [3.05, 3.63) is 42.0 Å². The molecule has 1 saturated heterocycles. The molecule has 4 atom stereocenters. The summed E-state index contributed by atoms with van der Waals surface area (Å²) in [5.74, 6) is -0.182. The predicted octanol–water partition coefficient (Wildman–Crippen LogP) is 1.75. The lowest BCUT2D eigenvalue weighted by molar-refractivity contribution is -0.141. The molecule has 5 rings (SSSR count). The van der Waals surface area contributed by atoms with Crippen LogP contribution in [0.25, 0.3) is 0 Å². The molecule has 29 heavy (non-hydrogen) atoms. The van der Waals surface area contributed by atoms with Crippen LogP contribution in [0.5, 0.6) is 0 Å². The Kier molecular flexibility index (Phi) is 4.64. The Morgan fingerprint density at radius 2 is 1.76 bits per heavy atom. The van der Waals surface area contributed by atoms with Gasteiger partial charge in [-0.1, -0.05) is 30.4 Å². The second-order valence-electron chi connectivity index (χ2n) is 8.65. The lowest BCUT2D eigenvalue weighted by atomic mass is 9.85. The van der Waals surface area contributed by atoms with Crippen LogP contribution in [0.2, 0.25) is 0 Å². The van der Waals surface area contributed by atoms with Crippen LogP contribution < -0.4 is 10.2 Å². The number of fused-ring (bicyclic) bond motifs is 6. The number of likely N-dealkylation sites (tertiary alicyclic amines) is 1. The fraction of sp³-hybridized carbons (Fsp3) is 0.522. The molecule has 2 aliphatic heterocycles. The quantitative estimate of drug-likeness (QED) is 0.591. The largest absolute Gasteiger partial charge is 0.370 e. The van der Waals surface area contributed by atoms with E-state index in [0.717, 1.165) is 32.4 Å². The van der Waals surface area contributed by atoms with Crippen molar-refractivity contribution in [3.63, 3.8) is 0 Å². The van der Waals surface area contributed by atoms with E-state index in [0.29, 0.717) is 6.54 Å². The summed E-state index contributed by atoms with van der Waals surface area (Å²) in [5.41, 5.74) is 2.63. The highest BCUT2D eigenvalue weighted by molar-refractivity contribution is 6.06. The Morgan fingerprint density at radius 3 is 2.52 bits per heavy atom. The summed E-state index contributed by atoms with van der Waals surface area (Å²) in [6.07, 6.45) is 7.52. The van der Waals surface area contributed by atoms with Gasteiger partial charge in [0.1, 0.15) is 0 Å². The van der Waals surface area contributed by atoms with Crippen LogP contribution in [0.15, 0.2) is 36.4 Å². The van der Waals surface area contributed by atoms with Gasteiger partial charge < -0.3 is 10.2 Å². The summed E-state index contributed by atoms with van der Waals surface area (Å²) < 4.78 is 0. The van der Waals surface area contributed by atoms with Gasteiger partial charge in [0.2, 0.25) is 17.7 Å². The van der Waals surface area contributed by atoms with Gasteiger partial charge in [-0.15, -0.1) is 0 Å². The van der Waals surface area contributed by atoms with E-state index in [1.165, 1.54) is 16.2 Å². The topological polar surface area (TPSA) is 69.7 Å². The average molecular weight is 393 g/mol. The maximum absolute atomic E-state index is 12.7. The first kappa shape index (κ1) is 18.4. The van der Waals surface area contributed by atoms with E-state index in [2.05, 4.69) is 46.6 Å². The number of hydrogen-bond acceptors (Lipinski definition) is 4. The molecule has 0 aromatic heterocycles. The van der Waals surface area contributed by atoms with Crippen molar-refractivity contribution in [1.29, 1.82) is 0 Å². The zero-order chi connectivity index (χ0) is 20.0. The first-order chi connectivity index (χ1) is 14.1. The van der Waals surface area contributed by atoms with Crippen LogP contribution in [0, 0.1) is 23.7 Å². The van der Waals surface area contributed by atoms with E-state index < -0.39 is 0 Å². The number of allylic oxidation sites excluding steroid dienone is 2. The molecular weight excluding hydrogens is 366 g/mol. The maximum atomic E-state index is 12.7. The molecular formula is C23H27N3O3. The first-order valence-corrected chi connectivity index (χ1v) is 10.8. The highest BCUT2D eigenvalue weighted by Gasteiger charge is 2.58. The number of nitrogens with zero attached hydrogens (tertiary/aromatic N) is 2. The van der Waals surface area contributed by atoms with Gasteiger partial charge in [0.15, 0.2) is 0 Å². The first-order valence-electron chi connectivity index (χ1n) is 10.8. The van der Waals surface area contributed by atoms with Crippen molar-refractivity contribution in [2.45, 2.75) is 25.7 Å². The van der Waals surface area contributed by atoms with Crippen LogP contribution in [-0.2, 0) is 20.8 Å². The van der Waals surface area contributed by atoms with E-state index in [9.17, 15) is 14.4 Å². The van der Waals surface area contributed by atoms with Crippen molar-refractivity contribution < 1.29 is 14.4 Å². The fourth-order valence-electron chi connectivity index (χ4n) is 5.66. The maximum Gasteiger partial charge on any atom is 0.233 e. The molecule has 1 aromatic rings. The number of aryl methyl sites for hydroxylation is 1. The number of anilines is 1. The lowest BCUT2D eigenvalue weighted by Gasteiger charge is -2.31. The van der Waals surface area contributed by atoms with Crippen LogP contribution >= 0.6 is 0 Å². The monoisotopic (exact) mass is 393 g/mol. The zero-order valence-electron chi connectivity index (χ0n) is 16.5. The van der Waals surface area contributed by atoms with Gasteiger partial charge in [0.25, 0.3) is 0 Å². The summed E-state index contributed by atoms with van der Waals surface area (Å²) >= 11 is 0. The van der Waals surface area contributed by atoms with Gasteiger partial charge in [-0.2, -0.15) is 0 Å². The predicted molar refractivity (Wildman–Crippen MR) is 109 cm³/mol. The van der Waals surface area contributed by atoms with Crippen molar-refractivity contribution in [2.24, 2.45) is 23.7 Å². The highest BCUT2D eigenvalue weighted by Crippen LogP contribution is 2.52. The summed E-state index contributed by atoms with van der Waals surface area (Å²) in [4.78, 5) is 41.3. The number of rotatable bonds is 6. The molecule has 2 heterocycles. The molecule has 2 aliphatic carbocycles. The molecule has 2 fully saturated rings. The number of para-hydroxylation sites is 1. The minimum atomic E-state index is -0.181. The van der Waals surface area contributed by atoms with Crippen molar-refractivity contribution in [3.8, 4) is 0 Å². The van der Waals surface area contributed by atoms with E-state index in [4.69, 9.17) is 0 Å². The Morgan fingerprint density at radius 1 is 1.03 bits per heavy atom. The molecule has 0 unspecified atom stereocenters. The van der Waals surface area contributed by atoms with E-state index >= 15 is 0 Å². The lowest BCUT2D eigenvalue weighted by Crippen LogP contribution is -2.39. The molecule has 1 aromatic carbocycles. The third kappa shape index (κ3) is 3.15. The standard InChI is InChI=1S/C23H27N3O3/c27-19(24-10-13-25-11-3-5-15-4-1-2-6-18(15)25)9-12-26-22(28)20-16-7-8-17(14-16)21(20)23(26)29/h1-2,4,6-8,16-17,20-21H,3,5,9-14H2,(H,24,27)/t16-,17-,20-,21-/m0/s1. The van der Waals surface area contributed by atoms with Gasteiger partial charge in [0, 0.05) is 38.3 Å². The summed E-state index contributed by atoms with van der Waals surface area (Å²) in [7, 11) is 0. The Hall–Kier alpha value is -2.63. The van der Waals surface area contributed by atoms with Crippen LogP contribution in [0.1, 0.15) is 24.8 Å². The molecule has 3 amide bonds. The van der Waals surface area contributed by atoms with Gasteiger partial charge in [0.05, 0.1) is 11.8 Å². The van der Waals surface area contributed by atoms with Gasteiger partial charge in [-0.3, -0.25) is 19.3 Å². The number of imide groups is 1. The molecule has 6 heteroatoms. The van der Waals surface area contributed by atoms with Crippen molar-refractivity contribution in [2.75, 3.05) is 31.1 Å². The van der Waals surface area contributed by atoms with Gasteiger partial charge in [-0.05, 0) is 42.7 Å². The molecule has 0 radical (unpaired) electrons. The third-order valence-corrected chi connectivity index (χ3v) is 7.03. The number of amides is 3. The van der Waals surface area contributed by atoms with Crippen LogP contribution in [0.4, 0.5) is 5.69 Å². The molecule has 1 saturated carbocycles. The molecule has 0 spiro atoms. The number of benzene rings is 1. The number of hydrogen-bond donors (Lipinski definition) is 1. The van der Waals surface area contributed by atoms with Crippen LogP contribution in [0.3, 0.4) is 0 Å². The SMILES string of the molecule is O=C(CCN1C(=O)[C@@H]2[C@@H](C1=O)[C@H]1C=C[C@H]2C1)NCCN1CCCc2ccccc21. The average Bonchev–Trinajstić information content (AvgIpc) is 3.41. The van der Waals surface area contributed by atoms with E-state index in [-0.39, 0.29) is 54.4 Å². The van der Waals surface area contributed by atoms with Gasteiger partial charge >= 0.3 is 0 Å². The third-order valence-electron chi connectivity index (χ3n) is 7.03. The Labute approximate surface area is 170 Å². The molecule has 152 valence electrons. The summed E-state index contributed by atoms with van der Waals surface area (Å²) in [6.45, 7) is 2.53. The number of carbonyl (C=O) groups is 3. The smallest absolute Gasteiger partial charge is 0.233 e. The fourth-order valence-corrected chi connectivity index (χ4v) is 5.66. The minimum Gasteiger partial charge on any atom is -0.370 e. The Balaban J connectivity index is 1.10. The second-order valence-corrected chi connectivity index (χ2v) is 8.65. The minimum absolute atomic E-state index is 0.0745. The molecule has 2 bridgehead atoms.